The molecule has 0 atom stereocenters. The van der Waals surface area contributed by atoms with Gasteiger partial charge in [0.15, 0.2) is 11.6 Å². The molecule has 0 bridgehead atoms. The van der Waals surface area contributed by atoms with Crippen molar-refractivity contribution in [2.45, 2.75) is 13.5 Å². The van der Waals surface area contributed by atoms with Crippen molar-refractivity contribution in [2.75, 3.05) is 11.9 Å². The van der Waals surface area contributed by atoms with Crippen LogP contribution in [0.1, 0.15) is 38.6 Å². The number of hydrogen-bond acceptors (Lipinski definition) is 5. The average molecular weight is 529 g/mol. The molecular formula is C28H22F2N6O3. The number of nitrogens with zero attached hydrogens (tertiary/aromatic N) is 3. The maximum Gasteiger partial charge on any atom is 0.266 e. The lowest BCUT2D eigenvalue weighted by molar-refractivity contribution is -0.110. The van der Waals surface area contributed by atoms with E-state index in [0.29, 0.717) is 22.6 Å². The van der Waals surface area contributed by atoms with Gasteiger partial charge in [0.1, 0.15) is 11.4 Å². The molecule has 0 fully saturated rings. The minimum absolute atomic E-state index is 0.0724. The number of halogens is 2. The van der Waals surface area contributed by atoms with E-state index < -0.39 is 23.1 Å². The van der Waals surface area contributed by atoms with Crippen LogP contribution in [0.15, 0.2) is 66.0 Å². The van der Waals surface area contributed by atoms with Crippen LogP contribution in [0.4, 0.5) is 14.5 Å². The van der Waals surface area contributed by atoms with E-state index in [9.17, 15) is 23.2 Å². The number of benzene rings is 2. The highest BCUT2D eigenvalue weighted by Crippen LogP contribution is 2.33. The minimum Gasteiger partial charge on any atom is -0.348 e. The molecular weight excluding hydrogens is 506 g/mol. The van der Waals surface area contributed by atoms with Crippen LogP contribution in [0.25, 0.3) is 17.7 Å². The summed E-state index contributed by atoms with van der Waals surface area (Å²) in [6.07, 6.45) is 9.31. The molecule has 1 aliphatic heterocycles. The van der Waals surface area contributed by atoms with Crippen molar-refractivity contribution < 1.29 is 18.4 Å². The number of carbonyl (C=O) groups is 2. The predicted molar refractivity (Wildman–Crippen MR) is 142 cm³/mol. The summed E-state index contributed by atoms with van der Waals surface area (Å²) >= 11 is 0. The summed E-state index contributed by atoms with van der Waals surface area (Å²) in [5, 5.41) is 5.48. The van der Waals surface area contributed by atoms with E-state index in [1.807, 2.05) is 25.1 Å². The molecule has 0 unspecified atom stereocenters. The standard InChI is InChI=1S/C28H22F2N6O3/c1-16-12-33-25(34-16)11-20-19-6-4-17(10-24(19)35-27(20)38)3-2-8-32-26(37)21-13-31-15-36(28(21)39)14-18-5-7-22(29)23(30)9-18/h2-7,9-13,15H,8,14H2,1H3,(H,32,37)(H,33,34)(H,35,38). The van der Waals surface area contributed by atoms with Crippen LogP contribution in [-0.4, -0.2) is 37.9 Å². The van der Waals surface area contributed by atoms with Gasteiger partial charge >= 0.3 is 0 Å². The number of fused-ring (bicyclic) bond motifs is 1. The number of hydrogen-bond donors (Lipinski definition) is 3. The fraction of sp³-hybridized carbons (Fsp3) is 0.107. The topological polar surface area (TPSA) is 122 Å². The molecule has 0 radical (unpaired) electrons. The van der Waals surface area contributed by atoms with Crippen molar-refractivity contribution in [3.63, 3.8) is 0 Å². The summed E-state index contributed by atoms with van der Waals surface area (Å²) in [5.41, 5.74) is 3.11. The van der Waals surface area contributed by atoms with E-state index in [-0.39, 0.29) is 24.6 Å². The summed E-state index contributed by atoms with van der Waals surface area (Å²) in [6, 6.07) is 8.80. The number of carbonyl (C=O) groups excluding carboxylic acids is 2. The molecule has 0 spiro atoms. The number of H-pyrrole nitrogens is 1. The van der Waals surface area contributed by atoms with Gasteiger partial charge in [-0.2, -0.15) is 0 Å². The van der Waals surface area contributed by atoms with E-state index in [4.69, 9.17) is 0 Å². The van der Waals surface area contributed by atoms with Gasteiger partial charge < -0.3 is 15.6 Å². The van der Waals surface area contributed by atoms with Gasteiger partial charge in [-0.3, -0.25) is 19.0 Å². The fourth-order valence-electron chi connectivity index (χ4n) is 4.10. The number of rotatable bonds is 7. The van der Waals surface area contributed by atoms with Crippen molar-refractivity contribution in [2.24, 2.45) is 0 Å². The number of aryl methyl sites for hydroxylation is 1. The molecule has 9 nitrogen and oxygen atoms in total. The van der Waals surface area contributed by atoms with E-state index in [0.717, 1.165) is 39.7 Å². The number of aromatic nitrogens is 4. The summed E-state index contributed by atoms with van der Waals surface area (Å²) < 4.78 is 27.8. The molecule has 39 heavy (non-hydrogen) atoms. The minimum atomic E-state index is -1.03. The van der Waals surface area contributed by atoms with Crippen LogP contribution in [0.3, 0.4) is 0 Å². The van der Waals surface area contributed by atoms with E-state index >= 15 is 0 Å². The zero-order chi connectivity index (χ0) is 27.5. The van der Waals surface area contributed by atoms with Crippen molar-refractivity contribution in [3.8, 4) is 0 Å². The SMILES string of the molecule is Cc1c[nH]c(C=C2C(=O)Nc3cc(C=CCNC(=O)c4cncn(Cc5ccc(F)c(F)c5)c4=O)ccc32)n1. The van der Waals surface area contributed by atoms with E-state index in [1.165, 1.54) is 12.4 Å². The maximum absolute atomic E-state index is 13.5. The van der Waals surface area contributed by atoms with Crippen LogP contribution in [0.5, 0.6) is 0 Å². The van der Waals surface area contributed by atoms with Crippen LogP contribution in [0, 0.1) is 18.6 Å². The lowest BCUT2D eigenvalue weighted by atomic mass is 10.0. The second-order valence-electron chi connectivity index (χ2n) is 8.85. The van der Waals surface area contributed by atoms with E-state index in [2.05, 4.69) is 25.6 Å². The van der Waals surface area contributed by atoms with Crippen molar-refractivity contribution in [1.29, 1.82) is 0 Å². The molecule has 5 rings (SSSR count). The molecule has 196 valence electrons. The first-order chi connectivity index (χ1) is 18.8. The van der Waals surface area contributed by atoms with Gasteiger partial charge in [0.25, 0.3) is 17.4 Å². The van der Waals surface area contributed by atoms with Gasteiger partial charge in [-0.15, -0.1) is 0 Å². The Kier molecular flexibility index (Phi) is 6.96. The monoisotopic (exact) mass is 528 g/mol. The number of anilines is 1. The smallest absolute Gasteiger partial charge is 0.266 e. The highest BCUT2D eigenvalue weighted by Gasteiger charge is 2.24. The molecule has 0 saturated heterocycles. The molecule has 2 aromatic carbocycles. The van der Waals surface area contributed by atoms with Gasteiger partial charge in [-0.25, -0.2) is 18.7 Å². The van der Waals surface area contributed by atoms with Gasteiger partial charge in [0, 0.05) is 30.2 Å². The Bertz CT molecular complexity index is 1720. The Morgan fingerprint density at radius 3 is 2.74 bits per heavy atom. The van der Waals surface area contributed by atoms with Gasteiger partial charge in [0.05, 0.1) is 24.1 Å². The number of nitrogens with one attached hydrogen (secondary N) is 3. The molecule has 11 heteroatoms. The third-order valence-electron chi connectivity index (χ3n) is 6.01. The van der Waals surface area contributed by atoms with Gasteiger partial charge in [0.2, 0.25) is 0 Å². The molecule has 2 amide bonds. The zero-order valence-corrected chi connectivity index (χ0v) is 20.7. The lowest BCUT2D eigenvalue weighted by Crippen LogP contribution is -2.33. The maximum atomic E-state index is 13.5. The second kappa shape index (κ2) is 10.7. The number of amides is 2. The molecule has 4 aromatic rings. The molecule has 3 N–H and O–H groups in total. The zero-order valence-electron chi connectivity index (χ0n) is 20.7. The average Bonchev–Trinajstić information content (AvgIpc) is 3.46. The Hall–Kier alpha value is -5.19. The first kappa shape index (κ1) is 25.5. The second-order valence-corrected chi connectivity index (χ2v) is 8.85. The van der Waals surface area contributed by atoms with Gasteiger partial charge in [-0.1, -0.05) is 30.4 Å². The van der Waals surface area contributed by atoms with Crippen LogP contribution >= 0.6 is 0 Å². The predicted octanol–water partition coefficient (Wildman–Crippen LogP) is 3.54. The molecule has 2 aromatic heterocycles. The fourth-order valence-corrected chi connectivity index (χ4v) is 4.10. The molecule has 0 aliphatic carbocycles. The van der Waals surface area contributed by atoms with Crippen LogP contribution in [-0.2, 0) is 11.3 Å². The summed E-state index contributed by atoms with van der Waals surface area (Å²) in [5.74, 6) is -2.27. The molecule has 3 heterocycles. The van der Waals surface area contributed by atoms with E-state index in [1.54, 1.807) is 24.4 Å². The van der Waals surface area contributed by atoms with Crippen molar-refractivity contribution >= 4 is 35.2 Å². The Morgan fingerprint density at radius 1 is 1.13 bits per heavy atom. The third kappa shape index (κ3) is 5.57. The quantitative estimate of drug-likeness (QED) is 0.317. The number of aromatic amines is 1. The van der Waals surface area contributed by atoms with Crippen molar-refractivity contribution in [3.05, 3.63) is 117 Å². The highest BCUT2D eigenvalue weighted by atomic mass is 19.2. The Labute approximate surface area is 220 Å². The first-order valence-corrected chi connectivity index (χ1v) is 11.9. The largest absolute Gasteiger partial charge is 0.348 e. The lowest BCUT2D eigenvalue weighted by Gasteiger charge is -2.08. The Morgan fingerprint density at radius 2 is 1.97 bits per heavy atom. The van der Waals surface area contributed by atoms with Crippen LogP contribution < -0.4 is 16.2 Å². The third-order valence-corrected chi connectivity index (χ3v) is 6.01. The summed E-state index contributed by atoms with van der Waals surface area (Å²) in [6.45, 7) is 1.91. The normalized spacial score (nSPS) is 13.6. The van der Waals surface area contributed by atoms with Crippen molar-refractivity contribution in [1.82, 2.24) is 24.8 Å². The summed E-state index contributed by atoms with van der Waals surface area (Å²) in [7, 11) is 0. The number of imidazole rings is 1. The highest BCUT2D eigenvalue weighted by molar-refractivity contribution is 6.34. The molecule has 0 saturated carbocycles. The summed E-state index contributed by atoms with van der Waals surface area (Å²) in [4.78, 5) is 49.0. The first-order valence-electron chi connectivity index (χ1n) is 11.9. The van der Waals surface area contributed by atoms with Crippen LogP contribution in [0.2, 0.25) is 0 Å². The van der Waals surface area contributed by atoms with Gasteiger partial charge in [-0.05, 0) is 42.3 Å². The molecule has 1 aliphatic rings. The Balaban J connectivity index is 1.22.